The molecule has 0 fully saturated rings. The molecule has 0 bridgehead atoms. The van der Waals surface area contributed by atoms with Gasteiger partial charge in [-0.05, 0) is 56.5 Å². The van der Waals surface area contributed by atoms with Crippen molar-refractivity contribution in [2.45, 2.75) is 33.6 Å². The highest BCUT2D eigenvalue weighted by atomic mass is 32.1. The average molecular weight is 382 g/mol. The number of nitrogens with one attached hydrogen (secondary N) is 1. The minimum absolute atomic E-state index is 0.0767. The van der Waals surface area contributed by atoms with Crippen LogP contribution in [0.25, 0.3) is 10.2 Å². The second kappa shape index (κ2) is 8.31. The summed E-state index contributed by atoms with van der Waals surface area (Å²) in [5.74, 6) is -0.455. The van der Waals surface area contributed by atoms with Gasteiger partial charge in [-0.2, -0.15) is 0 Å². The lowest BCUT2D eigenvalue weighted by atomic mass is 10.0. The number of hydrogen-bond donors (Lipinski definition) is 1. The summed E-state index contributed by atoms with van der Waals surface area (Å²) in [6.45, 7) is 6.21. The SMILES string of the molecule is Cc1cc(C)c(NC(=O)CCCOC(=O)c2ccc3ncsc3c2)c(C)c1. The number of nitrogens with zero attached hydrogens (tertiary/aromatic N) is 1. The van der Waals surface area contributed by atoms with Crippen LogP contribution in [0.5, 0.6) is 0 Å². The highest BCUT2D eigenvalue weighted by Crippen LogP contribution is 2.22. The van der Waals surface area contributed by atoms with Crippen LogP contribution < -0.4 is 5.32 Å². The molecule has 3 rings (SSSR count). The molecule has 0 radical (unpaired) electrons. The van der Waals surface area contributed by atoms with Crippen LogP contribution in [0.3, 0.4) is 0 Å². The Hall–Kier alpha value is -2.73. The van der Waals surface area contributed by atoms with Crippen LogP contribution in [0.15, 0.2) is 35.8 Å². The standard InChI is InChI=1S/C21H22N2O3S/c1-13-9-14(2)20(15(3)10-13)23-19(24)5-4-8-26-21(25)16-6-7-17-18(11-16)27-12-22-17/h6-7,9-12H,4-5,8H2,1-3H3,(H,23,24). The van der Waals surface area contributed by atoms with E-state index in [1.807, 2.05) is 39.0 Å². The van der Waals surface area contributed by atoms with Crippen LogP contribution in [0.4, 0.5) is 5.69 Å². The topological polar surface area (TPSA) is 68.3 Å². The van der Waals surface area contributed by atoms with E-state index in [9.17, 15) is 9.59 Å². The second-order valence-corrected chi connectivity index (χ2v) is 7.48. The summed E-state index contributed by atoms with van der Waals surface area (Å²) in [6.07, 6.45) is 0.776. The molecule has 140 valence electrons. The summed E-state index contributed by atoms with van der Waals surface area (Å²) >= 11 is 1.48. The summed E-state index contributed by atoms with van der Waals surface area (Å²) in [4.78, 5) is 28.5. The summed E-state index contributed by atoms with van der Waals surface area (Å²) in [7, 11) is 0. The van der Waals surface area contributed by atoms with E-state index in [0.29, 0.717) is 18.4 Å². The molecule has 0 saturated carbocycles. The van der Waals surface area contributed by atoms with E-state index in [0.717, 1.165) is 27.0 Å². The third-order valence-electron chi connectivity index (χ3n) is 4.29. The molecule has 5 nitrogen and oxygen atoms in total. The molecule has 1 amide bonds. The molecule has 0 spiro atoms. The molecule has 6 heteroatoms. The zero-order chi connectivity index (χ0) is 19.4. The lowest BCUT2D eigenvalue weighted by molar-refractivity contribution is -0.116. The maximum Gasteiger partial charge on any atom is 0.338 e. The smallest absolute Gasteiger partial charge is 0.338 e. The Morgan fingerprint density at radius 1 is 1.11 bits per heavy atom. The molecule has 0 aliphatic rings. The molecule has 0 aliphatic carbocycles. The molecule has 0 atom stereocenters. The van der Waals surface area contributed by atoms with Crippen LogP contribution in [-0.4, -0.2) is 23.5 Å². The molecule has 1 heterocycles. The summed E-state index contributed by atoms with van der Waals surface area (Å²) in [5, 5.41) is 2.96. The number of fused-ring (bicyclic) bond motifs is 1. The van der Waals surface area contributed by atoms with Gasteiger partial charge in [0.25, 0.3) is 0 Å². The Morgan fingerprint density at radius 3 is 2.59 bits per heavy atom. The molecule has 2 aromatic carbocycles. The van der Waals surface area contributed by atoms with Crippen molar-refractivity contribution < 1.29 is 14.3 Å². The first kappa shape index (κ1) is 19.0. The van der Waals surface area contributed by atoms with E-state index in [1.54, 1.807) is 17.6 Å². The maximum atomic E-state index is 12.2. The number of rotatable bonds is 6. The highest BCUT2D eigenvalue weighted by molar-refractivity contribution is 7.16. The van der Waals surface area contributed by atoms with Crippen molar-refractivity contribution in [1.29, 1.82) is 0 Å². The van der Waals surface area contributed by atoms with Gasteiger partial charge in [-0.15, -0.1) is 11.3 Å². The average Bonchev–Trinajstić information content (AvgIpc) is 3.09. The lowest BCUT2D eigenvalue weighted by Crippen LogP contribution is -2.15. The van der Waals surface area contributed by atoms with Crippen LogP contribution in [0, 0.1) is 20.8 Å². The van der Waals surface area contributed by atoms with Crippen molar-refractivity contribution in [2.75, 3.05) is 11.9 Å². The van der Waals surface area contributed by atoms with E-state index in [4.69, 9.17) is 4.74 Å². The number of esters is 1. The van der Waals surface area contributed by atoms with E-state index in [-0.39, 0.29) is 18.5 Å². The molecule has 1 aromatic heterocycles. The number of ether oxygens (including phenoxy) is 1. The van der Waals surface area contributed by atoms with Gasteiger partial charge >= 0.3 is 5.97 Å². The third kappa shape index (κ3) is 4.71. The Kier molecular flexibility index (Phi) is 5.86. The van der Waals surface area contributed by atoms with Crippen molar-refractivity contribution in [1.82, 2.24) is 4.98 Å². The lowest BCUT2D eigenvalue weighted by Gasteiger charge is -2.13. The van der Waals surface area contributed by atoms with Gasteiger partial charge in [-0.1, -0.05) is 17.7 Å². The van der Waals surface area contributed by atoms with Crippen LogP contribution in [0.1, 0.15) is 39.9 Å². The number of benzene rings is 2. The zero-order valence-corrected chi connectivity index (χ0v) is 16.5. The van der Waals surface area contributed by atoms with E-state index in [1.165, 1.54) is 16.9 Å². The fourth-order valence-electron chi connectivity index (χ4n) is 3.04. The monoisotopic (exact) mass is 382 g/mol. The molecule has 27 heavy (non-hydrogen) atoms. The Bertz CT molecular complexity index is 971. The number of aryl methyl sites for hydroxylation is 3. The molecular weight excluding hydrogens is 360 g/mol. The van der Waals surface area contributed by atoms with Gasteiger partial charge in [0.2, 0.25) is 5.91 Å². The van der Waals surface area contributed by atoms with Crippen molar-refractivity contribution in [3.63, 3.8) is 0 Å². The van der Waals surface area contributed by atoms with Gasteiger partial charge in [-0.3, -0.25) is 4.79 Å². The van der Waals surface area contributed by atoms with Gasteiger partial charge in [0.1, 0.15) is 0 Å². The Morgan fingerprint density at radius 2 is 1.85 bits per heavy atom. The van der Waals surface area contributed by atoms with E-state index in [2.05, 4.69) is 10.3 Å². The van der Waals surface area contributed by atoms with Gasteiger partial charge in [0.15, 0.2) is 0 Å². The fourth-order valence-corrected chi connectivity index (χ4v) is 3.76. The quantitative estimate of drug-likeness (QED) is 0.491. The second-order valence-electron chi connectivity index (χ2n) is 6.60. The van der Waals surface area contributed by atoms with Gasteiger partial charge in [0, 0.05) is 12.1 Å². The van der Waals surface area contributed by atoms with Crippen molar-refractivity contribution >= 4 is 39.1 Å². The largest absolute Gasteiger partial charge is 0.462 e. The van der Waals surface area contributed by atoms with Crippen molar-refractivity contribution in [3.05, 3.63) is 58.1 Å². The first-order chi connectivity index (χ1) is 12.9. The number of hydrogen-bond acceptors (Lipinski definition) is 5. The normalized spacial score (nSPS) is 10.8. The molecule has 1 N–H and O–H groups in total. The number of anilines is 1. The fraction of sp³-hybridized carbons (Fsp3) is 0.286. The van der Waals surface area contributed by atoms with E-state index >= 15 is 0 Å². The van der Waals surface area contributed by atoms with E-state index < -0.39 is 0 Å². The molecule has 0 saturated heterocycles. The highest BCUT2D eigenvalue weighted by Gasteiger charge is 2.11. The van der Waals surface area contributed by atoms with Crippen LogP contribution >= 0.6 is 11.3 Å². The Balaban J connectivity index is 1.47. The zero-order valence-electron chi connectivity index (χ0n) is 15.7. The number of carbonyl (C=O) groups is 2. The van der Waals surface area contributed by atoms with Gasteiger partial charge < -0.3 is 10.1 Å². The predicted molar refractivity (Wildman–Crippen MR) is 108 cm³/mol. The number of thiazole rings is 1. The predicted octanol–water partition coefficient (Wildman–Crippen LogP) is 4.80. The number of carbonyl (C=O) groups excluding carboxylic acids is 2. The minimum Gasteiger partial charge on any atom is -0.462 e. The van der Waals surface area contributed by atoms with Gasteiger partial charge in [-0.25, -0.2) is 9.78 Å². The number of amides is 1. The van der Waals surface area contributed by atoms with Crippen LogP contribution in [0.2, 0.25) is 0 Å². The third-order valence-corrected chi connectivity index (χ3v) is 5.08. The first-order valence-corrected chi connectivity index (χ1v) is 9.70. The number of aromatic nitrogens is 1. The molecule has 0 aliphatic heterocycles. The van der Waals surface area contributed by atoms with Crippen LogP contribution in [-0.2, 0) is 9.53 Å². The van der Waals surface area contributed by atoms with Crippen molar-refractivity contribution in [2.24, 2.45) is 0 Å². The van der Waals surface area contributed by atoms with Crippen molar-refractivity contribution in [3.8, 4) is 0 Å². The summed E-state index contributed by atoms with van der Waals surface area (Å²) in [6, 6.07) is 9.39. The minimum atomic E-state index is -0.379. The van der Waals surface area contributed by atoms with Gasteiger partial charge in [0.05, 0.1) is 27.9 Å². The molecular formula is C21H22N2O3S. The summed E-state index contributed by atoms with van der Waals surface area (Å²) in [5.41, 5.74) is 7.25. The first-order valence-electron chi connectivity index (χ1n) is 8.82. The molecule has 3 aromatic rings. The molecule has 0 unspecified atom stereocenters. The summed E-state index contributed by atoms with van der Waals surface area (Å²) < 4.78 is 6.23. The maximum absolute atomic E-state index is 12.2. The Labute approximate surface area is 162 Å².